The minimum absolute atomic E-state index is 0.262. The van der Waals surface area contributed by atoms with Crippen molar-refractivity contribution in [3.8, 4) is 11.5 Å². The molecule has 0 radical (unpaired) electrons. The molecule has 2 aromatic rings. The second kappa shape index (κ2) is 5.38. The molecule has 5 heteroatoms. The molecular formula is C19H22FN3O. The first-order chi connectivity index (χ1) is 11.7. The maximum Gasteiger partial charge on any atom is 0.257 e. The smallest absolute Gasteiger partial charge is 0.257 e. The van der Waals surface area contributed by atoms with Gasteiger partial charge < -0.3 is 9.84 Å². The van der Waals surface area contributed by atoms with E-state index in [1.165, 1.54) is 50.7 Å². The molecule has 4 saturated carbocycles. The highest BCUT2D eigenvalue weighted by molar-refractivity contribution is 5.52. The van der Waals surface area contributed by atoms with Crippen molar-refractivity contribution in [1.82, 2.24) is 15.5 Å². The quantitative estimate of drug-likeness (QED) is 0.924. The molecule has 126 valence electrons. The Morgan fingerprint density at radius 2 is 1.67 bits per heavy atom. The van der Waals surface area contributed by atoms with Gasteiger partial charge in [-0.1, -0.05) is 5.16 Å². The molecule has 1 heterocycles. The number of hydrogen-bond donors (Lipinski definition) is 1. The number of nitrogens with one attached hydrogen (secondary N) is 1. The number of halogens is 1. The van der Waals surface area contributed by atoms with Gasteiger partial charge >= 0.3 is 0 Å². The van der Waals surface area contributed by atoms with Crippen LogP contribution >= 0.6 is 0 Å². The van der Waals surface area contributed by atoms with E-state index >= 15 is 0 Å². The SMILES string of the molecule is Fc1ccc(-c2nc(CNC34CC5CC(CC(C5)C3)C4)no2)cc1. The first-order valence-electron chi connectivity index (χ1n) is 9.01. The molecule has 0 spiro atoms. The fourth-order valence-electron chi connectivity index (χ4n) is 5.63. The minimum atomic E-state index is -0.262. The minimum Gasteiger partial charge on any atom is -0.334 e. The molecule has 24 heavy (non-hydrogen) atoms. The summed E-state index contributed by atoms with van der Waals surface area (Å²) in [6.45, 7) is 0.650. The van der Waals surface area contributed by atoms with E-state index < -0.39 is 0 Å². The van der Waals surface area contributed by atoms with Crippen LogP contribution in [0, 0.1) is 23.6 Å². The van der Waals surface area contributed by atoms with Gasteiger partial charge in [-0.25, -0.2) is 4.39 Å². The van der Waals surface area contributed by atoms with Crippen LogP contribution in [0.4, 0.5) is 4.39 Å². The van der Waals surface area contributed by atoms with E-state index in [-0.39, 0.29) is 5.82 Å². The van der Waals surface area contributed by atoms with Gasteiger partial charge in [-0.05, 0) is 80.5 Å². The molecule has 0 unspecified atom stereocenters. The molecule has 6 rings (SSSR count). The van der Waals surface area contributed by atoms with E-state index in [1.807, 2.05) is 0 Å². The summed E-state index contributed by atoms with van der Waals surface area (Å²) in [4.78, 5) is 4.46. The Hall–Kier alpha value is -1.75. The van der Waals surface area contributed by atoms with E-state index in [9.17, 15) is 4.39 Å². The Kier molecular flexibility index (Phi) is 3.27. The van der Waals surface area contributed by atoms with Crippen LogP contribution < -0.4 is 5.32 Å². The van der Waals surface area contributed by atoms with Gasteiger partial charge in [0.25, 0.3) is 5.89 Å². The van der Waals surface area contributed by atoms with Crippen LogP contribution in [0.1, 0.15) is 44.3 Å². The maximum absolute atomic E-state index is 13.0. The van der Waals surface area contributed by atoms with E-state index in [4.69, 9.17) is 4.52 Å². The van der Waals surface area contributed by atoms with Crippen LogP contribution in [0.15, 0.2) is 28.8 Å². The molecule has 4 fully saturated rings. The Bertz CT molecular complexity index is 704. The lowest BCUT2D eigenvalue weighted by atomic mass is 9.53. The number of nitrogens with zero attached hydrogens (tertiary/aromatic N) is 2. The second-order valence-corrected chi connectivity index (χ2v) is 8.07. The fourth-order valence-corrected chi connectivity index (χ4v) is 5.63. The van der Waals surface area contributed by atoms with Crippen LogP contribution in [0.5, 0.6) is 0 Å². The van der Waals surface area contributed by atoms with Gasteiger partial charge in [0, 0.05) is 11.1 Å². The molecule has 0 saturated heterocycles. The highest BCUT2D eigenvalue weighted by Gasteiger charge is 2.50. The van der Waals surface area contributed by atoms with Crippen LogP contribution in [0.25, 0.3) is 11.5 Å². The van der Waals surface area contributed by atoms with Gasteiger partial charge in [0.2, 0.25) is 0 Å². The lowest BCUT2D eigenvalue weighted by Gasteiger charge is -2.57. The van der Waals surface area contributed by atoms with Crippen molar-refractivity contribution in [2.45, 2.75) is 50.6 Å². The van der Waals surface area contributed by atoms with Crippen molar-refractivity contribution in [3.05, 3.63) is 35.9 Å². The second-order valence-electron chi connectivity index (χ2n) is 8.07. The summed E-state index contributed by atoms with van der Waals surface area (Å²) >= 11 is 0. The van der Waals surface area contributed by atoms with Crippen molar-refractivity contribution in [1.29, 1.82) is 0 Å². The van der Waals surface area contributed by atoms with Crippen molar-refractivity contribution >= 4 is 0 Å². The maximum atomic E-state index is 13.0. The first kappa shape index (κ1) is 14.6. The predicted octanol–water partition coefficient (Wildman–Crippen LogP) is 3.93. The third-order valence-electron chi connectivity index (χ3n) is 6.22. The Morgan fingerprint density at radius 3 is 2.29 bits per heavy atom. The molecule has 0 atom stereocenters. The third kappa shape index (κ3) is 2.55. The van der Waals surface area contributed by atoms with Crippen LogP contribution in [-0.2, 0) is 6.54 Å². The van der Waals surface area contributed by atoms with Crippen molar-refractivity contribution in [2.24, 2.45) is 17.8 Å². The average molecular weight is 327 g/mol. The number of benzene rings is 1. The zero-order valence-electron chi connectivity index (χ0n) is 13.7. The van der Waals surface area contributed by atoms with Gasteiger partial charge in [-0.2, -0.15) is 4.98 Å². The van der Waals surface area contributed by atoms with Gasteiger partial charge in [-0.3, -0.25) is 0 Å². The summed E-state index contributed by atoms with van der Waals surface area (Å²) in [6, 6.07) is 6.15. The van der Waals surface area contributed by atoms with E-state index in [0.29, 0.717) is 23.8 Å². The van der Waals surface area contributed by atoms with Crippen LogP contribution in [0.2, 0.25) is 0 Å². The van der Waals surface area contributed by atoms with Gasteiger partial charge in [0.05, 0.1) is 6.54 Å². The zero-order valence-corrected chi connectivity index (χ0v) is 13.7. The molecule has 0 amide bonds. The standard InChI is InChI=1S/C19H22FN3O/c20-16-3-1-15(2-4-16)18-22-17(23-24-18)11-21-19-8-12-5-13(9-19)7-14(6-12)10-19/h1-4,12-14,21H,5-11H2. The van der Waals surface area contributed by atoms with E-state index in [1.54, 1.807) is 12.1 Å². The summed E-state index contributed by atoms with van der Waals surface area (Å²) < 4.78 is 18.3. The Labute approximate surface area is 140 Å². The third-order valence-corrected chi connectivity index (χ3v) is 6.22. The predicted molar refractivity (Wildman–Crippen MR) is 87.4 cm³/mol. The van der Waals surface area contributed by atoms with Gasteiger partial charge in [0.15, 0.2) is 5.82 Å². The van der Waals surface area contributed by atoms with Crippen molar-refractivity contribution < 1.29 is 8.91 Å². The summed E-state index contributed by atoms with van der Waals surface area (Å²) in [5.41, 5.74) is 1.05. The Morgan fingerprint density at radius 1 is 1.04 bits per heavy atom. The topological polar surface area (TPSA) is 51.0 Å². The van der Waals surface area contributed by atoms with E-state index in [2.05, 4.69) is 15.5 Å². The summed E-state index contributed by atoms with van der Waals surface area (Å²) in [5, 5.41) is 7.86. The fraction of sp³-hybridized carbons (Fsp3) is 0.579. The monoisotopic (exact) mass is 327 g/mol. The largest absolute Gasteiger partial charge is 0.334 e. The van der Waals surface area contributed by atoms with Crippen LogP contribution in [0.3, 0.4) is 0 Å². The highest BCUT2D eigenvalue weighted by atomic mass is 19.1. The van der Waals surface area contributed by atoms with Gasteiger partial charge in [-0.15, -0.1) is 0 Å². The molecular weight excluding hydrogens is 305 g/mol. The summed E-state index contributed by atoms with van der Waals surface area (Å²) in [7, 11) is 0. The lowest BCUT2D eigenvalue weighted by Crippen LogP contribution is -2.58. The summed E-state index contributed by atoms with van der Waals surface area (Å²) in [6.07, 6.45) is 8.25. The average Bonchev–Trinajstić information content (AvgIpc) is 3.01. The zero-order chi connectivity index (χ0) is 16.1. The molecule has 0 aliphatic heterocycles. The van der Waals surface area contributed by atoms with E-state index in [0.717, 1.165) is 23.3 Å². The first-order valence-corrected chi connectivity index (χ1v) is 9.01. The molecule has 1 aromatic heterocycles. The van der Waals surface area contributed by atoms with Gasteiger partial charge in [0.1, 0.15) is 5.82 Å². The summed E-state index contributed by atoms with van der Waals surface area (Å²) in [5.74, 6) is 3.64. The number of rotatable bonds is 4. The molecule has 1 aromatic carbocycles. The number of aromatic nitrogens is 2. The Balaban J connectivity index is 1.28. The molecule has 4 bridgehead atoms. The van der Waals surface area contributed by atoms with Crippen molar-refractivity contribution in [3.63, 3.8) is 0 Å². The van der Waals surface area contributed by atoms with Crippen molar-refractivity contribution in [2.75, 3.05) is 0 Å². The van der Waals surface area contributed by atoms with Crippen LogP contribution in [-0.4, -0.2) is 15.7 Å². The molecule has 4 aliphatic rings. The number of hydrogen-bond acceptors (Lipinski definition) is 4. The molecule has 4 aliphatic carbocycles. The lowest BCUT2D eigenvalue weighted by molar-refractivity contribution is -0.0209. The molecule has 1 N–H and O–H groups in total. The molecule has 4 nitrogen and oxygen atoms in total. The highest BCUT2D eigenvalue weighted by Crippen LogP contribution is 2.55. The normalized spacial score (nSPS) is 34.0.